The summed E-state index contributed by atoms with van der Waals surface area (Å²) in [4.78, 5) is 7.30. The number of nitrogens with zero attached hydrogens (tertiary/aromatic N) is 2. The third-order valence-electron chi connectivity index (χ3n) is 4.70. The standard InChI is InChI=1S/C15H23N3/c1-11-13(10-16)6-7-15(17-11)18-9-8-12-4-2-3-5-14(12)18/h6-7,12,14H,2-5,8-10,16H2,1H3. The van der Waals surface area contributed by atoms with E-state index in [-0.39, 0.29) is 0 Å². The van der Waals surface area contributed by atoms with E-state index in [1.807, 2.05) is 0 Å². The lowest BCUT2D eigenvalue weighted by atomic mass is 9.85. The summed E-state index contributed by atoms with van der Waals surface area (Å²) >= 11 is 0. The van der Waals surface area contributed by atoms with Crippen LogP contribution in [0.3, 0.4) is 0 Å². The van der Waals surface area contributed by atoms with Crippen molar-refractivity contribution in [3.05, 3.63) is 23.4 Å². The maximum absolute atomic E-state index is 5.71. The van der Waals surface area contributed by atoms with Gasteiger partial charge in [-0.1, -0.05) is 18.9 Å². The van der Waals surface area contributed by atoms with Gasteiger partial charge in [-0.05, 0) is 43.7 Å². The van der Waals surface area contributed by atoms with Gasteiger partial charge in [-0.25, -0.2) is 4.98 Å². The Bertz CT molecular complexity index is 430. The first-order valence-corrected chi connectivity index (χ1v) is 7.23. The molecule has 18 heavy (non-hydrogen) atoms. The molecule has 0 aromatic carbocycles. The second-order valence-electron chi connectivity index (χ2n) is 5.71. The highest BCUT2D eigenvalue weighted by Gasteiger charge is 2.36. The highest BCUT2D eigenvalue weighted by Crippen LogP contribution is 2.38. The van der Waals surface area contributed by atoms with E-state index in [1.165, 1.54) is 44.5 Å². The molecule has 0 spiro atoms. The summed E-state index contributed by atoms with van der Waals surface area (Å²) in [6.07, 6.45) is 6.93. The minimum atomic E-state index is 0.588. The average molecular weight is 245 g/mol. The molecule has 0 bridgehead atoms. The first-order chi connectivity index (χ1) is 8.79. The lowest BCUT2D eigenvalue weighted by Crippen LogP contribution is -2.35. The van der Waals surface area contributed by atoms with Crippen LogP contribution in [0.1, 0.15) is 43.4 Å². The molecule has 98 valence electrons. The molecule has 1 aromatic heterocycles. The van der Waals surface area contributed by atoms with Crippen molar-refractivity contribution < 1.29 is 0 Å². The van der Waals surface area contributed by atoms with E-state index in [4.69, 9.17) is 10.7 Å². The van der Waals surface area contributed by atoms with Crippen LogP contribution in [0.5, 0.6) is 0 Å². The first-order valence-electron chi connectivity index (χ1n) is 7.23. The summed E-state index contributed by atoms with van der Waals surface area (Å²) in [5, 5.41) is 0. The lowest BCUT2D eigenvalue weighted by Gasteiger charge is -2.32. The molecule has 2 heterocycles. The molecular formula is C15H23N3. The van der Waals surface area contributed by atoms with Crippen molar-refractivity contribution in [2.45, 2.75) is 51.6 Å². The van der Waals surface area contributed by atoms with Crippen LogP contribution >= 0.6 is 0 Å². The number of anilines is 1. The Morgan fingerprint density at radius 3 is 2.89 bits per heavy atom. The van der Waals surface area contributed by atoms with Crippen LogP contribution in [-0.4, -0.2) is 17.6 Å². The summed E-state index contributed by atoms with van der Waals surface area (Å²) in [6, 6.07) is 5.05. The van der Waals surface area contributed by atoms with Crippen LogP contribution in [0, 0.1) is 12.8 Å². The Morgan fingerprint density at radius 2 is 2.11 bits per heavy atom. The zero-order valence-electron chi connectivity index (χ0n) is 11.2. The zero-order chi connectivity index (χ0) is 12.5. The molecule has 0 amide bonds. The van der Waals surface area contributed by atoms with E-state index in [9.17, 15) is 0 Å². The average Bonchev–Trinajstić information content (AvgIpc) is 2.82. The number of fused-ring (bicyclic) bond motifs is 1. The van der Waals surface area contributed by atoms with Crippen molar-refractivity contribution in [2.24, 2.45) is 11.7 Å². The molecule has 1 saturated heterocycles. The van der Waals surface area contributed by atoms with Gasteiger partial charge in [0.15, 0.2) is 0 Å². The van der Waals surface area contributed by atoms with Gasteiger partial charge in [-0.2, -0.15) is 0 Å². The minimum Gasteiger partial charge on any atom is -0.353 e. The number of hydrogen-bond donors (Lipinski definition) is 1. The predicted molar refractivity (Wildman–Crippen MR) is 74.6 cm³/mol. The van der Waals surface area contributed by atoms with Gasteiger partial charge in [0.2, 0.25) is 0 Å². The second-order valence-corrected chi connectivity index (χ2v) is 5.71. The fourth-order valence-electron chi connectivity index (χ4n) is 3.64. The molecule has 3 rings (SSSR count). The van der Waals surface area contributed by atoms with Crippen LogP contribution < -0.4 is 10.6 Å². The van der Waals surface area contributed by atoms with Gasteiger partial charge in [0, 0.05) is 24.8 Å². The third kappa shape index (κ3) is 2.01. The summed E-state index contributed by atoms with van der Waals surface area (Å²) in [5.41, 5.74) is 7.96. The fraction of sp³-hybridized carbons (Fsp3) is 0.667. The van der Waals surface area contributed by atoms with Gasteiger partial charge >= 0.3 is 0 Å². The molecule has 0 radical (unpaired) electrons. The molecule has 1 saturated carbocycles. The quantitative estimate of drug-likeness (QED) is 0.871. The van der Waals surface area contributed by atoms with Crippen molar-refractivity contribution in [3.63, 3.8) is 0 Å². The van der Waals surface area contributed by atoms with Crippen molar-refractivity contribution in [1.82, 2.24) is 4.98 Å². The molecule has 2 atom stereocenters. The Balaban J connectivity index is 1.84. The van der Waals surface area contributed by atoms with E-state index >= 15 is 0 Å². The molecule has 1 aliphatic heterocycles. The number of pyridine rings is 1. The van der Waals surface area contributed by atoms with Crippen LogP contribution in [0.25, 0.3) is 0 Å². The van der Waals surface area contributed by atoms with E-state index in [0.29, 0.717) is 6.54 Å². The number of aryl methyl sites for hydroxylation is 1. The number of hydrogen-bond acceptors (Lipinski definition) is 3. The van der Waals surface area contributed by atoms with E-state index in [0.717, 1.165) is 23.2 Å². The molecule has 2 N–H and O–H groups in total. The normalized spacial score (nSPS) is 27.3. The smallest absolute Gasteiger partial charge is 0.129 e. The molecule has 2 fully saturated rings. The lowest BCUT2D eigenvalue weighted by molar-refractivity contribution is 0.341. The topological polar surface area (TPSA) is 42.2 Å². The number of rotatable bonds is 2. The summed E-state index contributed by atoms with van der Waals surface area (Å²) in [7, 11) is 0. The van der Waals surface area contributed by atoms with E-state index in [1.54, 1.807) is 0 Å². The molecule has 2 unspecified atom stereocenters. The molecule has 2 aliphatic rings. The van der Waals surface area contributed by atoms with Gasteiger partial charge in [-0.15, -0.1) is 0 Å². The molecule has 1 aliphatic carbocycles. The Morgan fingerprint density at radius 1 is 1.28 bits per heavy atom. The molecule has 3 heteroatoms. The maximum Gasteiger partial charge on any atom is 0.129 e. The van der Waals surface area contributed by atoms with Crippen LogP contribution in [0.15, 0.2) is 12.1 Å². The van der Waals surface area contributed by atoms with Gasteiger partial charge in [0.25, 0.3) is 0 Å². The highest BCUT2D eigenvalue weighted by atomic mass is 15.2. The Hall–Kier alpha value is -1.09. The molecular weight excluding hydrogens is 222 g/mol. The van der Waals surface area contributed by atoms with Crippen molar-refractivity contribution in [1.29, 1.82) is 0 Å². The summed E-state index contributed by atoms with van der Waals surface area (Å²) < 4.78 is 0. The minimum absolute atomic E-state index is 0.588. The van der Waals surface area contributed by atoms with Crippen molar-refractivity contribution >= 4 is 5.82 Å². The van der Waals surface area contributed by atoms with E-state index in [2.05, 4.69) is 24.0 Å². The molecule has 1 aromatic rings. The molecule has 3 nitrogen and oxygen atoms in total. The van der Waals surface area contributed by atoms with Crippen molar-refractivity contribution in [3.8, 4) is 0 Å². The maximum atomic E-state index is 5.71. The van der Waals surface area contributed by atoms with Gasteiger partial charge < -0.3 is 10.6 Å². The monoisotopic (exact) mass is 245 g/mol. The van der Waals surface area contributed by atoms with Crippen LogP contribution in [-0.2, 0) is 6.54 Å². The van der Waals surface area contributed by atoms with Gasteiger partial charge in [0.05, 0.1) is 0 Å². The predicted octanol–water partition coefficient (Wildman–Crippen LogP) is 2.62. The Labute approximate surface area is 109 Å². The largest absolute Gasteiger partial charge is 0.353 e. The summed E-state index contributed by atoms with van der Waals surface area (Å²) in [5.74, 6) is 2.08. The zero-order valence-corrected chi connectivity index (χ0v) is 11.2. The van der Waals surface area contributed by atoms with Crippen LogP contribution in [0.4, 0.5) is 5.82 Å². The number of nitrogens with two attached hydrogens (primary N) is 1. The van der Waals surface area contributed by atoms with Gasteiger partial charge in [-0.3, -0.25) is 0 Å². The Kier molecular flexibility index (Phi) is 3.25. The SMILES string of the molecule is Cc1nc(N2CCC3CCCCC32)ccc1CN. The second kappa shape index (κ2) is 4.88. The third-order valence-corrected chi connectivity index (χ3v) is 4.70. The fourth-order valence-corrected chi connectivity index (χ4v) is 3.64. The van der Waals surface area contributed by atoms with E-state index < -0.39 is 0 Å². The number of aromatic nitrogens is 1. The highest BCUT2D eigenvalue weighted by molar-refractivity contribution is 5.44. The first kappa shape index (κ1) is 12.0. The van der Waals surface area contributed by atoms with Gasteiger partial charge in [0.1, 0.15) is 5.82 Å². The summed E-state index contributed by atoms with van der Waals surface area (Å²) in [6.45, 7) is 3.84. The van der Waals surface area contributed by atoms with Crippen molar-refractivity contribution in [2.75, 3.05) is 11.4 Å². The van der Waals surface area contributed by atoms with Crippen LogP contribution in [0.2, 0.25) is 0 Å².